The third-order valence-electron chi connectivity index (χ3n) is 7.56. The summed E-state index contributed by atoms with van der Waals surface area (Å²) in [6.45, 7) is 1.32. The highest BCUT2D eigenvalue weighted by Gasteiger charge is 2.44. The number of nitrogens with zero attached hydrogens (tertiary/aromatic N) is 1. The number of amides is 3. The average molecular weight is 582 g/mol. The molecule has 1 saturated heterocycles. The molecule has 1 unspecified atom stereocenters. The van der Waals surface area contributed by atoms with E-state index in [1.54, 1.807) is 30.5 Å². The molecule has 0 bridgehead atoms. The number of aliphatic hydroxyl groups is 1. The van der Waals surface area contributed by atoms with Crippen LogP contribution >= 0.6 is 11.3 Å². The fourth-order valence-corrected chi connectivity index (χ4v) is 6.28. The minimum atomic E-state index is -3.16. The molecule has 0 saturated carbocycles. The van der Waals surface area contributed by atoms with Crippen molar-refractivity contribution in [2.24, 2.45) is 11.7 Å². The van der Waals surface area contributed by atoms with Gasteiger partial charge in [-0.3, -0.25) is 19.8 Å². The van der Waals surface area contributed by atoms with Gasteiger partial charge in [-0.05, 0) is 42.7 Å². The summed E-state index contributed by atoms with van der Waals surface area (Å²) in [7, 11) is 0. The number of likely N-dealkylation sites (tertiary alicyclic amines) is 1. The number of carbonyl (C=O) groups excluding carboxylic acids is 3. The van der Waals surface area contributed by atoms with E-state index in [1.807, 2.05) is 0 Å². The van der Waals surface area contributed by atoms with Gasteiger partial charge in [0.1, 0.15) is 11.9 Å². The molecule has 2 aromatic carbocycles. The number of benzene rings is 2. The van der Waals surface area contributed by atoms with Gasteiger partial charge in [-0.25, -0.2) is 0 Å². The largest absolute Gasteiger partial charge is 0.396 e. The van der Waals surface area contributed by atoms with Crippen LogP contribution in [0.15, 0.2) is 53.9 Å². The fraction of sp³-hybridized carbons (Fsp3) is 0.310. The van der Waals surface area contributed by atoms with Crippen LogP contribution in [0.25, 0.3) is 11.1 Å². The predicted octanol–water partition coefficient (Wildman–Crippen LogP) is 2.97. The lowest BCUT2D eigenvalue weighted by Crippen LogP contribution is -2.49. The SMILES string of the molecule is CC(NC(=O)[C@@H]1C[C@@H](CO)CN1C(=O)CNC(=O)c1ccc2c(c1)-c1ccccc1C2(F)F)c1cc(C(=N)N)cs1. The van der Waals surface area contributed by atoms with E-state index >= 15 is 0 Å². The number of rotatable bonds is 8. The number of aliphatic hydroxyl groups excluding tert-OH is 1. The van der Waals surface area contributed by atoms with E-state index in [1.165, 1.54) is 46.6 Å². The normalized spacial score (nSPS) is 19.3. The molecular weight excluding hydrogens is 552 g/mol. The van der Waals surface area contributed by atoms with Crippen molar-refractivity contribution >= 4 is 34.9 Å². The molecule has 2 heterocycles. The van der Waals surface area contributed by atoms with Gasteiger partial charge in [0.15, 0.2) is 0 Å². The van der Waals surface area contributed by atoms with Crippen molar-refractivity contribution in [3.8, 4) is 11.1 Å². The first-order chi connectivity index (χ1) is 19.5. The van der Waals surface area contributed by atoms with E-state index in [9.17, 15) is 28.3 Å². The molecule has 1 aliphatic heterocycles. The zero-order valence-corrected chi connectivity index (χ0v) is 22.9. The van der Waals surface area contributed by atoms with E-state index < -0.39 is 42.3 Å². The van der Waals surface area contributed by atoms with Crippen LogP contribution in [0.3, 0.4) is 0 Å². The summed E-state index contributed by atoms with van der Waals surface area (Å²) in [5, 5.41) is 24.4. The Labute approximate surface area is 238 Å². The van der Waals surface area contributed by atoms with Gasteiger partial charge in [-0.2, -0.15) is 8.78 Å². The quantitative estimate of drug-likeness (QED) is 0.205. The number of nitrogens with two attached hydrogens (primary N) is 1. The number of hydrogen-bond donors (Lipinski definition) is 5. The Morgan fingerprint density at radius 2 is 1.88 bits per heavy atom. The third-order valence-corrected chi connectivity index (χ3v) is 8.68. The monoisotopic (exact) mass is 581 g/mol. The summed E-state index contributed by atoms with van der Waals surface area (Å²) in [5.41, 5.74) is 6.53. The Balaban J connectivity index is 1.25. The maximum Gasteiger partial charge on any atom is 0.299 e. The highest BCUT2D eigenvalue weighted by molar-refractivity contribution is 7.10. The number of hydrogen-bond acceptors (Lipinski definition) is 6. The topological polar surface area (TPSA) is 149 Å². The molecule has 2 aliphatic rings. The number of alkyl halides is 2. The van der Waals surface area contributed by atoms with Crippen molar-refractivity contribution in [1.82, 2.24) is 15.5 Å². The number of carbonyl (C=O) groups is 3. The van der Waals surface area contributed by atoms with Crippen molar-refractivity contribution in [3.05, 3.63) is 81.0 Å². The van der Waals surface area contributed by atoms with Crippen molar-refractivity contribution in [2.75, 3.05) is 19.7 Å². The Hall–Kier alpha value is -4.16. The summed E-state index contributed by atoms with van der Waals surface area (Å²) in [6, 6.07) is 10.5. The highest BCUT2D eigenvalue weighted by atomic mass is 32.1. The lowest BCUT2D eigenvalue weighted by atomic mass is 10.0. The van der Waals surface area contributed by atoms with Gasteiger partial charge in [-0.15, -0.1) is 11.3 Å². The van der Waals surface area contributed by atoms with Gasteiger partial charge >= 0.3 is 0 Å². The zero-order chi connectivity index (χ0) is 29.5. The molecule has 9 nitrogen and oxygen atoms in total. The summed E-state index contributed by atoms with van der Waals surface area (Å²) < 4.78 is 29.7. The van der Waals surface area contributed by atoms with Gasteiger partial charge < -0.3 is 26.4 Å². The molecule has 3 amide bonds. The second-order valence-electron chi connectivity index (χ2n) is 10.3. The molecule has 41 heavy (non-hydrogen) atoms. The molecule has 3 atom stereocenters. The molecular formula is C29H29F2N5O4S. The van der Waals surface area contributed by atoms with Crippen LogP contribution in [-0.4, -0.2) is 59.3 Å². The van der Waals surface area contributed by atoms with E-state index in [4.69, 9.17) is 11.1 Å². The lowest BCUT2D eigenvalue weighted by molar-refractivity contribution is -0.138. The Bertz CT molecular complexity index is 1540. The van der Waals surface area contributed by atoms with Crippen LogP contribution in [0.4, 0.5) is 8.78 Å². The fourth-order valence-electron chi connectivity index (χ4n) is 5.36. The maximum absolute atomic E-state index is 14.8. The van der Waals surface area contributed by atoms with E-state index in [0.717, 1.165) is 4.88 Å². The molecule has 3 aromatic rings. The number of halogens is 2. The van der Waals surface area contributed by atoms with E-state index in [0.29, 0.717) is 11.1 Å². The molecule has 12 heteroatoms. The van der Waals surface area contributed by atoms with Gasteiger partial charge in [0, 0.05) is 51.6 Å². The number of nitrogens with one attached hydrogen (secondary N) is 3. The molecule has 6 N–H and O–H groups in total. The zero-order valence-electron chi connectivity index (χ0n) is 22.1. The molecule has 1 fully saturated rings. The van der Waals surface area contributed by atoms with Gasteiger partial charge in [-0.1, -0.05) is 30.3 Å². The maximum atomic E-state index is 14.8. The number of nitrogen functional groups attached to an aromatic ring is 1. The number of amidine groups is 1. The van der Waals surface area contributed by atoms with Gasteiger partial charge in [0.05, 0.1) is 12.6 Å². The first kappa shape index (κ1) is 28.4. The molecule has 0 radical (unpaired) electrons. The van der Waals surface area contributed by atoms with Crippen molar-refractivity contribution < 1.29 is 28.3 Å². The predicted molar refractivity (Wildman–Crippen MR) is 150 cm³/mol. The number of thiophene rings is 1. The molecule has 1 aromatic heterocycles. The van der Waals surface area contributed by atoms with Crippen LogP contribution in [0, 0.1) is 11.3 Å². The van der Waals surface area contributed by atoms with Crippen molar-refractivity contribution in [2.45, 2.75) is 31.4 Å². The average Bonchev–Trinajstić information content (AvgIpc) is 3.68. The Kier molecular flexibility index (Phi) is 7.62. The second-order valence-corrected chi connectivity index (χ2v) is 11.2. The first-order valence-corrected chi connectivity index (χ1v) is 13.9. The number of fused-ring (bicyclic) bond motifs is 3. The van der Waals surface area contributed by atoms with Crippen molar-refractivity contribution in [3.63, 3.8) is 0 Å². The summed E-state index contributed by atoms with van der Waals surface area (Å²) in [4.78, 5) is 41.4. The third kappa shape index (κ3) is 5.32. The van der Waals surface area contributed by atoms with Gasteiger partial charge in [0.2, 0.25) is 11.8 Å². The Morgan fingerprint density at radius 3 is 2.59 bits per heavy atom. The first-order valence-electron chi connectivity index (χ1n) is 13.0. The standard InChI is InChI=1S/C29H29F2N5O4S/c1-15(24-10-18(14-41-24)26(32)33)35-28(40)23-8-16(13-37)12-36(23)25(38)11-34-27(39)17-6-7-22-20(9-17)19-4-2-3-5-21(19)29(22,30)31/h2-7,9-10,14-16,23,37H,8,11-13H2,1H3,(H3,32,33)(H,34,39)(H,35,40)/t15?,16-,23+/m1/s1. The van der Waals surface area contributed by atoms with E-state index in [2.05, 4.69) is 10.6 Å². The van der Waals surface area contributed by atoms with E-state index in [-0.39, 0.29) is 53.6 Å². The molecule has 5 rings (SSSR count). The van der Waals surface area contributed by atoms with Crippen LogP contribution in [0.5, 0.6) is 0 Å². The summed E-state index contributed by atoms with van der Waals surface area (Å²) >= 11 is 1.35. The lowest BCUT2D eigenvalue weighted by Gasteiger charge is -2.25. The minimum Gasteiger partial charge on any atom is -0.396 e. The highest BCUT2D eigenvalue weighted by Crippen LogP contribution is 2.50. The molecule has 0 spiro atoms. The van der Waals surface area contributed by atoms with Crippen LogP contribution in [0.1, 0.15) is 51.3 Å². The minimum absolute atomic E-state index is 0.0749. The summed E-state index contributed by atoms with van der Waals surface area (Å²) in [6.07, 6.45) is 0.260. The van der Waals surface area contributed by atoms with Crippen molar-refractivity contribution in [1.29, 1.82) is 5.41 Å². The summed E-state index contributed by atoms with van der Waals surface area (Å²) in [5.74, 6) is -5.05. The molecule has 214 valence electrons. The molecule has 1 aliphatic carbocycles. The smallest absolute Gasteiger partial charge is 0.299 e. The Morgan fingerprint density at radius 1 is 1.15 bits per heavy atom. The van der Waals surface area contributed by atoms with Crippen LogP contribution in [-0.2, 0) is 15.5 Å². The van der Waals surface area contributed by atoms with Gasteiger partial charge in [0.25, 0.3) is 11.8 Å². The second kappa shape index (κ2) is 11.0. The van der Waals surface area contributed by atoms with Crippen LogP contribution in [0.2, 0.25) is 0 Å². The van der Waals surface area contributed by atoms with Crippen LogP contribution < -0.4 is 16.4 Å².